The van der Waals surface area contributed by atoms with E-state index in [1.54, 1.807) is 13.8 Å². The highest BCUT2D eigenvalue weighted by molar-refractivity contribution is 5.83. The van der Waals surface area contributed by atoms with Gasteiger partial charge in [0.1, 0.15) is 17.8 Å². The first kappa shape index (κ1) is 39.0. The molecule has 1 N–H and O–H groups in total. The maximum absolute atomic E-state index is 14.5. The summed E-state index contributed by atoms with van der Waals surface area (Å²) in [7, 11) is 2.73. The molecule has 48 heavy (non-hydrogen) atoms. The molecule has 0 bridgehead atoms. The Morgan fingerprint density at radius 2 is 1.23 bits per heavy atom. The topological polar surface area (TPSA) is 101 Å². The average Bonchev–Trinajstić information content (AvgIpc) is 2.97. The summed E-state index contributed by atoms with van der Waals surface area (Å²) in [5.41, 5.74) is -12.7. The van der Waals surface area contributed by atoms with Gasteiger partial charge < -0.3 is 28.8 Å². The van der Waals surface area contributed by atoms with Crippen LogP contribution in [0.3, 0.4) is 0 Å². The van der Waals surface area contributed by atoms with E-state index < -0.39 is 81.9 Å². The van der Waals surface area contributed by atoms with E-state index in [4.69, 9.17) is 23.7 Å². The van der Waals surface area contributed by atoms with E-state index in [9.17, 15) is 41.0 Å². The predicted molar refractivity (Wildman–Crippen MR) is 160 cm³/mol. The lowest BCUT2D eigenvalue weighted by Crippen LogP contribution is -2.66. The first-order valence-corrected chi connectivity index (χ1v) is 14.9. The highest BCUT2D eigenvalue weighted by atomic mass is 19.4. The fourth-order valence-corrected chi connectivity index (χ4v) is 6.74. The van der Waals surface area contributed by atoms with Crippen molar-refractivity contribution in [3.05, 3.63) is 83.9 Å². The van der Waals surface area contributed by atoms with Crippen LogP contribution in [0.5, 0.6) is 0 Å². The molecule has 0 heterocycles. The first-order chi connectivity index (χ1) is 22.1. The van der Waals surface area contributed by atoms with Crippen LogP contribution < -0.4 is 0 Å². The number of esters is 2. The molecule has 266 valence electrons. The van der Waals surface area contributed by atoms with E-state index in [-0.39, 0.29) is 6.42 Å². The summed E-state index contributed by atoms with van der Waals surface area (Å²) in [6, 6.07) is 12.5. The van der Waals surface area contributed by atoms with Gasteiger partial charge in [-0.15, -0.1) is 0 Å². The molecule has 0 spiro atoms. The molecule has 2 aromatic carbocycles. The molecule has 0 unspecified atom stereocenters. The molecule has 0 radical (unpaired) electrons. The number of benzene rings is 2. The molecule has 0 aliphatic heterocycles. The summed E-state index contributed by atoms with van der Waals surface area (Å²) in [5.74, 6) is -3.47. The predicted octanol–water partition coefficient (Wildman–Crippen LogP) is 6.55. The highest BCUT2D eigenvalue weighted by Gasteiger charge is 2.67. The van der Waals surface area contributed by atoms with Crippen LogP contribution in [0.1, 0.15) is 51.7 Å². The molecule has 0 aromatic heterocycles. The molecular formula is C34H40F6O8. The molecule has 0 amide bonds. The van der Waals surface area contributed by atoms with Crippen LogP contribution in [0.25, 0.3) is 0 Å². The number of rotatable bonds is 11. The van der Waals surface area contributed by atoms with E-state index in [0.717, 1.165) is 38.5 Å². The Bertz CT molecular complexity index is 1420. The maximum atomic E-state index is 14.5. The van der Waals surface area contributed by atoms with Gasteiger partial charge >= 0.3 is 24.3 Å². The van der Waals surface area contributed by atoms with Crippen molar-refractivity contribution < 1.29 is 64.7 Å². The molecule has 1 aliphatic carbocycles. The Kier molecular flexibility index (Phi) is 11.2. The highest BCUT2D eigenvalue weighted by Crippen LogP contribution is 2.54. The van der Waals surface area contributed by atoms with Crippen molar-refractivity contribution in [3.8, 4) is 0 Å². The van der Waals surface area contributed by atoms with Crippen molar-refractivity contribution in [3.63, 3.8) is 0 Å². The van der Waals surface area contributed by atoms with Crippen LogP contribution in [0.2, 0.25) is 0 Å². The summed E-state index contributed by atoms with van der Waals surface area (Å²) in [6.07, 6.45) is -11.0. The van der Waals surface area contributed by atoms with Crippen LogP contribution in [-0.4, -0.2) is 74.1 Å². The van der Waals surface area contributed by atoms with Gasteiger partial charge in [-0.25, -0.2) is 9.59 Å². The standard InChI is InChI=1S/C34H40F6O8/c1-22(47-26(41)31(45-6,33(35,36)37)23-14-10-8-11-15-23)18-19-30(44-5)28(2,3)20-25(21-29(30,4)43)48-27(42)32(46-7,34(38,39)40)24-16-12-9-13-17-24/h8-19,22,25,43H,20-21H2,1-7H3/b19-18+/t22-,25-,29+,30+,31-,32-/m0/s1. The number of ether oxygens (including phenoxy) is 5. The third-order valence-corrected chi connectivity index (χ3v) is 9.01. The third kappa shape index (κ3) is 6.59. The van der Waals surface area contributed by atoms with Crippen LogP contribution in [0.15, 0.2) is 72.8 Å². The number of hydrogen-bond acceptors (Lipinski definition) is 8. The monoisotopic (exact) mass is 690 g/mol. The smallest absolute Gasteiger partial charge is 0.432 e. The number of methoxy groups -OCH3 is 3. The molecule has 1 aliphatic rings. The van der Waals surface area contributed by atoms with Gasteiger partial charge in [-0.3, -0.25) is 0 Å². The summed E-state index contributed by atoms with van der Waals surface area (Å²) < 4.78 is 112. The van der Waals surface area contributed by atoms with Gasteiger partial charge in [0.15, 0.2) is 0 Å². The van der Waals surface area contributed by atoms with Gasteiger partial charge in [-0.1, -0.05) is 74.5 Å². The van der Waals surface area contributed by atoms with Crippen molar-refractivity contribution in [1.29, 1.82) is 0 Å². The van der Waals surface area contributed by atoms with Gasteiger partial charge in [0.05, 0.1) is 5.60 Å². The lowest BCUT2D eigenvalue weighted by Gasteiger charge is -2.57. The molecule has 0 saturated heterocycles. The molecule has 2 aromatic rings. The zero-order chi connectivity index (χ0) is 36.4. The lowest BCUT2D eigenvalue weighted by molar-refractivity contribution is -0.283. The summed E-state index contributed by atoms with van der Waals surface area (Å²) in [4.78, 5) is 26.4. The van der Waals surface area contributed by atoms with Crippen molar-refractivity contribution >= 4 is 11.9 Å². The van der Waals surface area contributed by atoms with E-state index in [0.29, 0.717) is 0 Å². The van der Waals surface area contributed by atoms with Crippen molar-refractivity contribution in [2.45, 2.75) is 87.5 Å². The second-order valence-electron chi connectivity index (χ2n) is 12.5. The minimum atomic E-state index is -5.22. The van der Waals surface area contributed by atoms with Crippen LogP contribution in [0, 0.1) is 5.41 Å². The second kappa shape index (κ2) is 13.8. The zero-order valence-corrected chi connectivity index (χ0v) is 27.6. The van der Waals surface area contributed by atoms with Crippen LogP contribution in [-0.2, 0) is 44.5 Å². The fourth-order valence-electron chi connectivity index (χ4n) is 6.74. The number of aliphatic hydroxyl groups is 1. The van der Waals surface area contributed by atoms with Gasteiger partial charge in [0.2, 0.25) is 0 Å². The number of carbonyl (C=O) groups excluding carboxylic acids is 2. The Morgan fingerprint density at radius 1 is 0.792 bits per heavy atom. The Hall–Kier alpha value is -3.46. The minimum absolute atomic E-state index is 0.122. The van der Waals surface area contributed by atoms with Gasteiger partial charge in [0.25, 0.3) is 11.2 Å². The van der Waals surface area contributed by atoms with E-state index in [1.165, 1.54) is 69.5 Å². The third-order valence-electron chi connectivity index (χ3n) is 9.01. The average molecular weight is 691 g/mol. The molecule has 8 nitrogen and oxygen atoms in total. The van der Waals surface area contributed by atoms with Crippen LogP contribution in [0.4, 0.5) is 26.3 Å². The number of alkyl halides is 6. The zero-order valence-electron chi connectivity index (χ0n) is 27.6. The minimum Gasteiger partial charge on any atom is -0.460 e. The first-order valence-electron chi connectivity index (χ1n) is 14.9. The van der Waals surface area contributed by atoms with Crippen molar-refractivity contribution in [2.75, 3.05) is 21.3 Å². The quantitative estimate of drug-likeness (QED) is 0.161. The molecule has 14 heteroatoms. The molecular weight excluding hydrogens is 650 g/mol. The summed E-state index contributed by atoms with van der Waals surface area (Å²) in [6.45, 7) is 5.82. The Labute approximate surface area is 275 Å². The summed E-state index contributed by atoms with van der Waals surface area (Å²) in [5, 5.41) is 11.8. The molecule has 1 fully saturated rings. The van der Waals surface area contributed by atoms with Crippen molar-refractivity contribution in [1.82, 2.24) is 0 Å². The SMILES string of the molecule is CO[C@](C(=O)O[C@H]1CC(C)(C)[C@@](/C=C/[C@H](C)OC(=O)[C@@](OC)(c2ccccc2)C(F)(F)F)(OC)[C@](C)(O)C1)(c1ccccc1)C(F)(F)F. The van der Waals surface area contributed by atoms with Crippen LogP contribution >= 0.6 is 0 Å². The number of carbonyl (C=O) groups is 2. The normalized spacial score (nSPS) is 26.2. The maximum Gasteiger partial charge on any atom is 0.432 e. The lowest BCUT2D eigenvalue weighted by atomic mass is 9.57. The van der Waals surface area contributed by atoms with Gasteiger partial charge in [0, 0.05) is 44.3 Å². The van der Waals surface area contributed by atoms with E-state index in [2.05, 4.69) is 0 Å². The van der Waals surface area contributed by atoms with E-state index >= 15 is 0 Å². The molecule has 6 atom stereocenters. The second-order valence-corrected chi connectivity index (χ2v) is 12.5. The number of hydrogen-bond donors (Lipinski definition) is 1. The van der Waals surface area contributed by atoms with Gasteiger partial charge in [-0.05, 0) is 32.4 Å². The largest absolute Gasteiger partial charge is 0.460 e. The molecule has 3 rings (SSSR count). The van der Waals surface area contributed by atoms with Gasteiger partial charge in [-0.2, -0.15) is 26.3 Å². The van der Waals surface area contributed by atoms with Crippen molar-refractivity contribution in [2.24, 2.45) is 5.41 Å². The number of halogens is 6. The summed E-state index contributed by atoms with van der Waals surface area (Å²) >= 11 is 0. The molecule has 1 saturated carbocycles. The Morgan fingerprint density at radius 3 is 1.60 bits per heavy atom. The Balaban J connectivity index is 1.91. The van der Waals surface area contributed by atoms with E-state index in [1.807, 2.05) is 0 Å². The fraction of sp³-hybridized carbons (Fsp3) is 0.529.